The predicted molar refractivity (Wildman–Crippen MR) is 108 cm³/mol. The summed E-state index contributed by atoms with van der Waals surface area (Å²) in [4.78, 5) is 0. The second kappa shape index (κ2) is 6.93. The van der Waals surface area contributed by atoms with Crippen molar-refractivity contribution >= 4 is 0 Å². The van der Waals surface area contributed by atoms with Crippen LogP contribution in [-0.2, 0) is 18.9 Å². The summed E-state index contributed by atoms with van der Waals surface area (Å²) in [6.07, 6.45) is 6.52. The van der Waals surface area contributed by atoms with Crippen LogP contribution in [0.5, 0.6) is 0 Å². The van der Waals surface area contributed by atoms with Crippen molar-refractivity contribution in [3.8, 4) is 0 Å². The summed E-state index contributed by atoms with van der Waals surface area (Å²) in [5.74, 6) is 3.72. The minimum absolute atomic E-state index is 0.103. The fourth-order valence-corrected chi connectivity index (χ4v) is 7.36. The Hall–Kier alpha value is -0.160. The molecule has 2 saturated heterocycles. The monoisotopic (exact) mass is 392 g/mol. The van der Waals surface area contributed by atoms with E-state index in [1.54, 1.807) is 0 Å². The van der Waals surface area contributed by atoms with Crippen LogP contribution in [0, 0.1) is 40.4 Å². The van der Waals surface area contributed by atoms with Gasteiger partial charge in [-0.05, 0) is 61.7 Å². The number of fused-ring (bicyclic) bond motifs is 5. The molecule has 2 heterocycles. The predicted octanol–water partition coefficient (Wildman–Crippen LogP) is 4.31. The van der Waals surface area contributed by atoms with Crippen LogP contribution < -0.4 is 0 Å². The maximum atomic E-state index is 6.93. The van der Waals surface area contributed by atoms with Gasteiger partial charge in [-0.2, -0.15) is 0 Å². The van der Waals surface area contributed by atoms with E-state index in [1.165, 1.54) is 25.7 Å². The molecule has 0 aromatic rings. The Bertz CT molecular complexity index is 572. The first-order valence-electron chi connectivity index (χ1n) is 11.9. The van der Waals surface area contributed by atoms with Crippen molar-refractivity contribution in [2.24, 2.45) is 40.4 Å². The van der Waals surface area contributed by atoms with Gasteiger partial charge in [-0.15, -0.1) is 0 Å². The molecule has 0 spiro atoms. The molecule has 4 heteroatoms. The van der Waals surface area contributed by atoms with Crippen LogP contribution in [0.25, 0.3) is 0 Å². The molecule has 7 unspecified atom stereocenters. The molecule has 0 N–H and O–H groups in total. The molecule has 0 amide bonds. The van der Waals surface area contributed by atoms with E-state index in [2.05, 4.69) is 27.7 Å². The van der Waals surface area contributed by atoms with Crippen molar-refractivity contribution in [1.82, 2.24) is 0 Å². The van der Waals surface area contributed by atoms with Crippen molar-refractivity contribution in [3.63, 3.8) is 0 Å². The summed E-state index contributed by atoms with van der Waals surface area (Å²) in [6.45, 7) is 14.8. The van der Waals surface area contributed by atoms with Crippen LogP contribution >= 0.6 is 0 Å². The molecule has 2 bridgehead atoms. The molecule has 0 radical (unpaired) electrons. The van der Waals surface area contributed by atoms with Gasteiger partial charge in [-0.25, -0.2) is 0 Å². The van der Waals surface area contributed by atoms with E-state index < -0.39 is 0 Å². The highest BCUT2D eigenvalue weighted by Gasteiger charge is 2.66. The van der Waals surface area contributed by atoms with Gasteiger partial charge in [0.25, 0.3) is 0 Å². The molecular formula is C24H40O4. The zero-order valence-corrected chi connectivity index (χ0v) is 18.4. The van der Waals surface area contributed by atoms with E-state index in [4.69, 9.17) is 18.9 Å². The Morgan fingerprint density at radius 3 is 2.07 bits per heavy atom. The summed E-state index contributed by atoms with van der Waals surface area (Å²) in [5, 5.41) is 0. The standard InChI is InChI=1S/C24H40O4/c1-5-22(10-25-11-22)14-27-20-7-18-19-9-24(8-16(19)3,21(18)17(20)4)28-15-23(6-2)12-26-13-23/h16-21H,5-15H2,1-4H3. The van der Waals surface area contributed by atoms with E-state index in [9.17, 15) is 0 Å². The van der Waals surface area contributed by atoms with Gasteiger partial charge >= 0.3 is 0 Å². The van der Waals surface area contributed by atoms with Crippen molar-refractivity contribution in [2.75, 3.05) is 39.6 Å². The molecule has 5 aliphatic rings. The minimum Gasteiger partial charge on any atom is -0.380 e. The summed E-state index contributed by atoms with van der Waals surface area (Å²) >= 11 is 0. The van der Waals surface area contributed by atoms with Crippen LogP contribution in [-0.4, -0.2) is 51.3 Å². The second-order valence-electron chi connectivity index (χ2n) is 11.2. The Kier molecular flexibility index (Phi) is 4.90. The van der Waals surface area contributed by atoms with E-state index >= 15 is 0 Å². The summed E-state index contributed by atoms with van der Waals surface area (Å²) in [5.41, 5.74) is 0.672. The number of rotatable bonds is 8. The average molecular weight is 393 g/mol. The van der Waals surface area contributed by atoms with Crippen molar-refractivity contribution < 1.29 is 18.9 Å². The SMILES string of the molecule is CCC1(COC2CC3C4CC(OCC5(CC)COC5)(CC4C)C3C2C)COC1. The quantitative estimate of drug-likeness (QED) is 0.617. The lowest BCUT2D eigenvalue weighted by atomic mass is 9.72. The van der Waals surface area contributed by atoms with Gasteiger partial charge in [0.1, 0.15) is 0 Å². The minimum atomic E-state index is 0.103. The van der Waals surface area contributed by atoms with Crippen molar-refractivity contribution in [1.29, 1.82) is 0 Å². The Morgan fingerprint density at radius 1 is 0.857 bits per heavy atom. The van der Waals surface area contributed by atoms with Gasteiger partial charge < -0.3 is 18.9 Å². The summed E-state index contributed by atoms with van der Waals surface area (Å²) in [7, 11) is 0. The van der Waals surface area contributed by atoms with Crippen molar-refractivity contribution in [3.05, 3.63) is 0 Å². The van der Waals surface area contributed by atoms with Crippen LogP contribution in [0.15, 0.2) is 0 Å². The van der Waals surface area contributed by atoms with Gasteiger partial charge in [0.2, 0.25) is 0 Å². The highest BCUT2D eigenvalue weighted by molar-refractivity contribution is 5.16. The first kappa shape index (κ1) is 19.8. The maximum absolute atomic E-state index is 6.93. The molecule has 28 heavy (non-hydrogen) atoms. The number of ether oxygens (including phenoxy) is 4. The van der Waals surface area contributed by atoms with Gasteiger partial charge in [-0.3, -0.25) is 0 Å². The van der Waals surface area contributed by atoms with E-state index in [1.807, 2.05) is 0 Å². The first-order chi connectivity index (χ1) is 13.5. The fraction of sp³-hybridized carbons (Fsp3) is 1.00. The second-order valence-corrected chi connectivity index (χ2v) is 11.2. The molecule has 5 fully saturated rings. The van der Waals surface area contributed by atoms with Crippen molar-refractivity contribution in [2.45, 2.75) is 71.5 Å². The highest BCUT2D eigenvalue weighted by atomic mass is 16.5. The topological polar surface area (TPSA) is 36.9 Å². The lowest BCUT2D eigenvalue weighted by molar-refractivity contribution is -0.196. The maximum Gasteiger partial charge on any atom is 0.0722 e. The Balaban J connectivity index is 1.28. The van der Waals surface area contributed by atoms with E-state index in [-0.39, 0.29) is 16.4 Å². The smallest absolute Gasteiger partial charge is 0.0722 e. The average Bonchev–Trinajstić information content (AvgIpc) is 3.22. The normalized spacial score (nSPS) is 47.6. The molecule has 3 aliphatic carbocycles. The molecule has 160 valence electrons. The molecule has 0 aromatic carbocycles. The molecule has 7 atom stereocenters. The Morgan fingerprint density at radius 2 is 1.50 bits per heavy atom. The zero-order valence-electron chi connectivity index (χ0n) is 18.4. The van der Waals surface area contributed by atoms with E-state index in [0.717, 1.165) is 63.8 Å². The first-order valence-corrected chi connectivity index (χ1v) is 11.9. The summed E-state index contributed by atoms with van der Waals surface area (Å²) < 4.78 is 24.6. The van der Waals surface area contributed by atoms with Gasteiger partial charge in [-0.1, -0.05) is 27.7 Å². The van der Waals surface area contributed by atoms with Crippen LogP contribution in [0.2, 0.25) is 0 Å². The lowest BCUT2D eigenvalue weighted by Gasteiger charge is -2.46. The van der Waals surface area contributed by atoms with Crippen LogP contribution in [0.3, 0.4) is 0 Å². The third-order valence-corrected chi connectivity index (χ3v) is 9.66. The van der Waals surface area contributed by atoms with Gasteiger partial charge in [0, 0.05) is 10.8 Å². The third kappa shape index (κ3) is 2.85. The largest absolute Gasteiger partial charge is 0.380 e. The summed E-state index contributed by atoms with van der Waals surface area (Å²) in [6, 6.07) is 0. The lowest BCUT2D eigenvalue weighted by Crippen LogP contribution is -2.50. The van der Waals surface area contributed by atoms with Gasteiger partial charge in [0.05, 0.1) is 51.3 Å². The fourth-order valence-electron chi connectivity index (χ4n) is 7.36. The molecular weight excluding hydrogens is 352 g/mol. The number of hydrogen-bond donors (Lipinski definition) is 0. The third-order valence-electron chi connectivity index (χ3n) is 9.66. The zero-order chi connectivity index (χ0) is 19.6. The molecule has 0 aromatic heterocycles. The molecule has 2 aliphatic heterocycles. The Labute approximate surface area is 171 Å². The molecule has 5 rings (SSSR count). The van der Waals surface area contributed by atoms with E-state index in [0.29, 0.717) is 17.9 Å². The van der Waals surface area contributed by atoms with Gasteiger partial charge in [0.15, 0.2) is 0 Å². The molecule has 4 nitrogen and oxygen atoms in total. The highest BCUT2D eigenvalue weighted by Crippen LogP contribution is 2.66. The van der Waals surface area contributed by atoms with Crippen LogP contribution in [0.1, 0.15) is 59.8 Å². The number of hydrogen-bond acceptors (Lipinski definition) is 4. The molecule has 3 saturated carbocycles. The van der Waals surface area contributed by atoms with Crippen LogP contribution in [0.4, 0.5) is 0 Å².